The Morgan fingerprint density at radius 1 is 1.40 bits per heavy atom. The quantitative estimate of drug-likeness (QED) is 0.916. The topological polar surface area (TPSA) is 15.3 Å². The van der Waals surface area contributed by atoms with Crippen molar-refractivity contribution in [2.45, 2.75) is 43.2 Å². The molecule has 2 unspecified atom stereocenters. The van der Waals surface area contributed by atoms with Crippen molar-refractivity contribution in [2.24, 2.45) is 0 Å². The van der Waals surface area contributed by atoms with E-state index in [1.165, 1.54) is 19.4 Å². The summed E-state index contributed by atoms with van der Waals surface area (Å²) in [6, 6.07) is 6.47. The van der Waals surface area contributed by atoms with Crippen molar-refractivity contribution in [1.82, 2.24) is 10.2 Å². The fourth-order valence-corrected chi connectivity index (χ4v) is 4.56. The first-order valence-corrected chi connectivity index (χ1v) is 8.66. The summed E-state index contributed by atoms with van der Waals surface area (Å²) in [5.41, 5.74) is 1.15. The van der Waals surface area contributed by atoms with Crippen LogP contribution in [0.1, 0.15) is 37.8 Å². The van der Waals surface area contributed by atoms with Crippen LogP contribution in [-0.4, -0.2) is 36.3 Å². The van der Waals surface area contributed by atoms with Crippen molar-refractivity contribution in [2.75, 3.05) is 25.4 Å². The Bertz CT molecular complexity index is 466. The second-order valence-electron chi connectivity index (χ2n) is 5.68. The van der Waals surface area contributed by atoms with Crippen LogP contribution in [0.4, 0.5) is 4.39 Å². The van der Waals surface area contributed by atoms with E-state index in [4.69, 9.17) is 0 Å². The van der Waals surface area contributed by atoms with Gasteiger partial charge < -0.3 is 5.32 Å². The summed E-state index contributed by atoms with van der Waals surface area (Å²) in [7, 11) is 0. The molecule has 2 aliphatic heterocycles. The van der Waals surface area contributed by atoms with Crippen molar-refractivity contribution in [1.29, 1.82) is 0 Å². The van der Waals surface area contributed by atoms with Crippen LogP contribution in [0.2, 0.25) is 0 Å². The molecule has 2 nitrogen and oxygen atoms in total. The van der Waals surface area contributed by atoms with Gasteiger partial charge in [0.25, 0.3) is 0 Å². The maximum atomic E-state index is 13.8. The van der Waals surface area contributed by atoms with Gasteiger partial charge in [-0.15, -0.1) is 11.8 Å². The Morgan fingerprint density at radius 2 is 2.30 bits per heavy atom. The first kappa shape index (κ1) is 14.4. The number of hydrogen-bond acceptors (Lipinski definition) is 3. The zero-order valence-electron chi connectivity index (χ0n) is 12.1. The van der Waals surface area contributed by atoms with Gasteiger partial charge in [-0.25, -0.2) is 4.39 Å². The van der Waals surface area contributed by atoms with Gasteiger partial charge in [-0.1, -0.05) is 19.1 Å². The third-order valence-corrected chi connectivity index (χ3v) is 5.69. The van der Waals surface area contributed by atoms with E-state index in [-0.39, 0.29) is 5.82 Å². The van der Waals surface area contributed by atoms with E-state index in [9.17, 15) is 4.39 Å². The van der Waals surface area contributed by atoms with Gasteiger partial charge in [0.2, 0.25) is 0 Å². The second-order valence-corrected chi connectivity index (χ2v) is 6.79. The maximum absolute atomic E-state index is 13.8. The number of nitrogens with one attached hydrogen (secondary N) is 1. The van der Waals surface area contributed by atoms with E-state index >= 15 is 0 Å². The number of nitrogens with zero attached hydrogens (tertiary/aromatic N) is 1. The molecule has 0 aliphatic carbocycles. The maximum Gasteiger partial charge on any atom is 0.137 e. The number of fused-ring (bicyclic) bond motifs is 1. The lowest BCUT2D eigenvalue weighted by Crippen LogP contribution is -2.39. The largest absolute Gasteiger partial charge is 0.308 e. The smallest absolute Gasteiger partial charge is 0.137 e. The van der Waals surface area contributed by atoms with Gasteiger partial charge in [0.15, 0.2) is 0 Å². The Balaban J connectivity index is 1.66. The highest BCUT2D eigenvalue weighted by Crippen LogP contribution is 2.37. The molecule has 1 saturated heterocycles. The van der Waals surface area contributed by atoms with Crippen LogP contribution in [0.15, 0.2) is 23.1 Å². The summed E-state index contributed by atoms with van der Waals surface area (Å²) in [4.78, 5) is 3.41. The minimum absolute atomic E-state index is 0.0601. The number of likely N-dealkylation sites (N-methyl/N-ethyl adjacent to an activating group) is 1. The van der Waals surface area contributed by atoms with Crippen LogP contribution in [-0.2, 0) is 0 Å². The summed E-state index contributed by atoms with van der Waals surface area (Å²) in [5, 5.41) is 3.69. The molecule has 0 amide bonds. The summed E-state index contributed by atoms with van der Waals surface area (Å²) < 4.78 is 13.8. The molecule has 0 radical (unpaired) electrons. The molecule has 2 atom stereocenters. The van der Waals surface area contributed by atoms with Gasteiger partial charge in [-0.05, 0) is 49.7 Å². The Labute approximate surface area is 125 Å². The minimum atomic E-state index is -0.0601. The Kier molecular flexibility index (Phi) is 4.64. The minimum Gasteiger partial charge on any atom is -0.308 e. The molecular weight excluding hydrogens is 271 g/mol. The first-order chi connectivity index (χ1) is 9.79. The van der Waals surface area contributed by atoms with Gasteiger partial charge in [-0.2, -0.15) is 0 Å². The SMILES string of the molecule is CCN1CCCC1CNC1CCSc2c(F)cccc21. The average molecular weight is 294 g/mol. The van der Waals surface area contributed by atoms with Gasteiger partial charge in [0.05, 0.1) is 0 Å². The molecule has 4 heteroatoms. The fourth-order valence-electron chi connectivity index (χ4n) is 3.42. The van der Waals surface area contributed by atoms with Crippen LogP contribution in [0.25, 0.3) is 0 Å². The van der Waals surface area contributed by atoms with E-state index in [0.717, 1.165) is 35.7 Å². The number of benzene rings is 1. The lowest BCUT2D eigenvalue weighted by Gasteiger charge is -2.29. The predicted octanol–water partition coefficient (Wildman–Crippen LogP) is 3.44. The predicted molar refractivity (Wildman–Crippen MR) is 82.8 cm³/mol. The lowest BCUT2D eigenvalue weighted by molar-refractivity contribution is 0.252. The van der Waals surface area contributed by atoms with Crippen molar-refractivity contribution in [3.8, 4) is 0 Å². The molecule has 110 valence electrons. The fraction of sp³-hybridized carbons (Fsp3) is 0.625. The standard InChI is InChI=1S/C16H23FN2S/c1-2-19-9-4-5-12(19)11-18-15-8-10-20-16-13(15)6-3-7-14(16)17/h3,6-7,12,15,18H,2,4-5,8-11H2,1H3. The van der Waals surface area contributed by atoms with E-state index in [1.54, 1.807) is 17.8 Å². The molecule has 3 rings (SSSR count). The molecule has 1 N–H and O–H groups in total. The normalized spacial score (nSPS) is 26.7. The van der Waals surface area contributed by atoms with E-state index in [0.29, 0.717) is 12.1 Å². The molecule has 1 aromatic carbocycles. The highest BCUT2D eigenvalue weighted by Gasteiger charge is 2.26. The van der Waals surface area contributed by atoms with Crippen LogP contribution >= 0.6 is 11.8 Å². The van der Waals surface area contributed by atoms with Crippen LogP contribution in [0, 0.1) is 5.82 Å². The molecule has 2 heterocycles. The van der Waals surface area contributed by atoms with Gasteiger partial charge in [0.1, 0.15) is 5.82 Å². The molecule has 2 aliphatic rings. The molecule has 0 aromatic heterocycles. The molecule has 0 bridgehead atoms. The highest BCUT2D eigenvalue weighted by molar-refractivity contribution is 7.99. The highest BCUT2D eigenvalue weighted by atomic mass is 32.2. The lowest BCUT2D eigenvalue weighted by atomic mass is 10.0. The molecular formula is C16H23FN2S. The molecule has 0 saturated carbocycles. The van der Waals surface area contributed by atoms with Crippen LogP contribution < -0.4 is 5.32 Å². The molecule has 1 fully saturated rings. The van der Waals surface area contributed by atoms with E-state index < -0.39 is 0 Å². The van der Waals surface area contributed by atoms with E-state index in [2.05, 4.69) is 23.2 Å². The number of rotatable bonds is 4. The molecule has 1 aromatic rings. The van der Waals surface area contributed by atoms with Crippen molar-refractivity contribution < 1.29 is 4.39 Å². The third-order valence-electron chi connectivity index (χ3n) is 4.53. The van der Waals surface area contributed by atoms with Gasteiger partial charge in [-0.3, -0.25) is 4.90 Å². The zero-order chi connectivity index (χ0) is 13.9. The number of likely N-dealkylation sites (tertiary alicyclic amines) is 1. The molecule has 20 heavy (non-hydrogen) atoms. The Hall–Kier alpha value is -0.580. The molecule has 0 spiro atoms. The summed E-state index contributed by atoms with van der Waals surface area (Å²) in [5.74, 6) is 0.948. The van der Waals surface area contributed by atoms with Gasteiger partial charge in [0, 0.05) is 23.5 Å². The third kappa shape index (κ3) is 2.87. The number of hydrogen-bond donors (Lipinski definition) is 1. The van der Waals surface area contributed by atoms with Crippen molar-refractivity contribution in [3.63, 3.8) is 0 Å². The van der Waals surface area contributed by atoms with Crippen molar-refractivity contribution in [3.05, 3.63) is 29.6 Å². The number of thioether (sulfide) groups is 1. The summed E-state index contributed by atoms with van der Waals surface area (Å²) in [6.45, 7) is 5.63. The monoisotopic (exact) mass is 294 g/mol. The summed E-state index contributed by atoms with van der Waals surface area (Å²) >= 11 is 1.66. The van der Waals surface area contributed by atoms with E-state index in [1.807, 2.05) is 6.07 Å². The zero-order valence-corrected chi connectivity index (χ0v) is 12.9. The first-order valence-electron chi connectivity index (χ1n) is 7.68. The average Bonchev–Trinajstić information content (AvgIpc) is 2.93. The number of halogens is 1. The van der Waals surface area contributed by atoms with Gasteiger partial charge >= 0.3 is 0 Å². The second kappa shape index (κ2) is 6.46. The van der Waals surface area contributed by atoms with Crippen molar-refractivity contribution >= 4 is 11.8 Å². The van der Waals surface area contributed by atoms with Crippen LogP contribution in [0.3, 0.4) is 0 Å². The van der Waals surface area contributed by atoms with Crippen LogP contribution in [0.5, 0.6) is 0 Å². The summed E-state index contributed by atoms with van der Waals surface area (Å²) in [6.07, 6.45) is 3.70. The Morgan fingerprint density at radius 3 is 3.15 bits per heavy atom.